The summed E-state index contributed by atoms with van der Waals surface area (Å²) in [5.74, 6) is 0. The largest absolute Gasteiger partial charge is 0.315 e. The summed E-state index contributed by atoms with van der Waals surface area (Å²) in [4.78, 5) is 13.1. The van der Waals surface area contributed by atoms with Crippen LogP contribution in [-0.4, -0.2) is 35.5 Å². The van der Waals surface area contributed by atoms with E-state index in [0.717, 1.165) is 38.0 Å². The maximum Gasteiger partial charge on any atom is 0.273 e. The van der Waals surface area contributed by atoms with Crippen LogP contribution in [0.2, 0.25) is 0 Å². The predicted octanol–water partition coefficient (Wildman–Crippen LogP) is 2.59. The molecule has 5 nitrogen and oxygen atoms in total. The number of nitrogens with one attached hydrogen (secondary N) is 1. The second-order valence-corrected chi connectivity index (χ2v) is 5.00. The minimum absolute atomic E-state index is 0. The topological polar surface area (TPSA) is 58.4 Å². The van der Waals surface area contributed by atoms with E-state index in [9.17, 15) is 10.1 Å². The maximum absolute atomic E-state index is 11.1. The van der Waals surface area contributed by atoms with Gasteiger partial charge in [-0.15, -0.1) is 12.4 Å². The highest BCUT2D eigenvalue weighted by Gasteiger charge is 2.24. The van der Waals surface area contributed by atoms with E-state index in [-0.39, 0.29) is 23.0 Å². The highest BCUT2D eigenvalue weighted by molar-refractivity contribution is 5.85. The van der Waals surface area contributed by atoms with Crippen molar-refractivity contribution in [2.45, 2.75) is 32.4 Å². The van der Waals surface area contributed by atoms with E-state index in [4.69, 9.17) is 0 Å². The summed E-state index contributed by atoms with van der Waals surface area (Å²) in [5.41, 5.74) is 1.04. The molecule has 0 amide bonds. The lowest BCUT2D eigenvalue weighted by molar-refractivity contribution is -0.385. The third kappa shape index (κ3) is 4.16. The summed E-state index contributed by atoms with van der Waals surface area (Å²) in [6.07, 6.45) is 2.19. The Labute approximate surface area is 125 Å². The van der Waals surface area contributed by atoms with Crippen LogP contribution in [-0.2, 0) is 6.54 Å². The standard InChI is InChI=1S/C14H21N3O2.ClH/c1-2-9-16(13-7-8-15-10-13)11-12-5-3-4-6-14(12)17(18)19;/h3-6,13,15H,2,7-11H2,1H3;1H. The molecule has 6 heteroatoms. The lowest BCUT2D eigenvalue weighted by atomic mass is 10.1. The van der Waals surface area contributed by atoms with Crippen LogP contribution in [0.3, 0.4) is 0 Å². The molecule has 1 saturated heterocycles. The van der Waals surface area contributed by atoms with Gasteiger partial charge in [-0.1, -0.05) is 25.1 Å². The van der Waals surface area contributed by atoms with Crippen molar-refractivity contribution in [2.75, 3.05) is 19.6 Å². The Morgan fingerprint density at radius 1 is 1.45 bits per heavy atom. The molecule has 0 saturated carbocycles. The molecule has 0 aliphatic carbocycles. The Balaban J connectivity index is 0.00000200. The molecular weight excluding hydrogens is 278 g/mol. The third-order valence-electron chi connectivity index (χ3n) is 3.62. The number of nitrogens with zero attached hydrogens (tertiary/aromatic N) is 2. The Morgan fingerprint density at radius 3 is 2.80 bits per heavy atom. The van der Waals surface area contributed by atoms with Gasteiger partial charge in [-0.2, -0.15) is 0 Å². The van der Waals surface area contributed by atoms with E-state index in [1.165, 1.54) is 0 Å². The van der Waals surface area contributed by atoms with Crippen LogP contribution in [0.25, 0.3) is 0 Å². The Kier molecular flexibility index (Phi) is 6.91. The number of para-hydroxylation sites is 1. The fourth-order valence-corrected chi connectivity index (χ4v) is 2.67. The van der Waals surface area contributed by atoms with Crippen LogP contribution in [0.1, 0.15) is 25.3 Å². The molecule has 20 heavy (non-hydrogen) atoms. The molecule has 1 heterocycles. The van der Waals surface area contributed by atoms with Crippen LogP contribution in [0.5, 0.6) is 0 Å². The number of halogens is 1. The van der Waals surface area contributed by atoms with E-state index in [1.807, 2.05) is 12.1 Å². The van der Waals surface area contributed by atoms with Gasteiger partial charge in [0.05, 0.1) is 4.92 Å². The molecule has 1 aliphatic heterocycles. The molecule has 0 aromatic heterocycles. The van der Waals surface area contributed by atoms with Crippen molar-refractivity contribution in [3.05, 3.63) is 39.9 Å². The molecular formula is C14H22ClN3O2. The van der Waals surface area contributed by atoms with Crippen molar-refractivity contribution < 1.29 is 4.92 Å². The molecule has 0 bridgehead atoms. The van der Waals surface area contributed by atoms with Crippen LogP contribution in [0.15, 0.2) is 24.3 Å². The van der Waals surface area contributed by atoms with Crippen LogP contribution < -0.4 is 5.32 Å². The van der Waals surface area contributed by atoms with Gasteiger partial charge in [0.1, 0.15) is 0 Å². The Morgan fingerprint density at radius 2 is 2.20 bits per heavy atom. The van der Waals surface area contributed by atoms with Crippen LogP contribution in [0.4, 0.5) is 5.69 Å². The molecule has 1 atom stereocenters. The lowest BCUT2D eigenvalue weighted by Gasteiger charge is -2.27. The Hall–Kier alpha value is -1.17. The summed E-state index contributed by atoms with van der Waals surface area (Å²) in [6.45, 7) is 5.83. The number of rotatable bonds is 6. The van der Waals surface area contributed by atoms with Crippen molar-refractivity contribution in [1.82, 2.24) is 10.2 Å². The van der Waals surface area contributed by atoms with E-state index in [0.29, 0.717) is 12.6 Å². The highest BCUT2D eigenvalue weighted by Crippen LogP contribution is 2.21. The minimum Gasteiger partial charge on any atom is -0.315 e. The molecule has 1 aliphatic rings. The first-order valence-corrected chi connectivity index (χ1v) is 6.89. The van der Waals surface area contributed by atoms with Gasteiger partial charge in [0.25, 0.3) is 5.69 Å². The first kappa shape index (κ1) is 16.9. The van der Waals surface area contributed by atoms with E-state index in [2.05, 4.69) is 17.1 Å². The lowest BCUT2D eigenvalue weighted by Crippen LogP contribution is -2.37. The van der Waals surface area contributed by atoms with Gasteiger partial charge in [0.2, 0.25) is 0 Å². The van der Waals surface area contributed by atoms with E-state index in [1.54, 1.807) is 12.1 Å². The van der Waals surface area contributed by atoms with Gasteiger partial charge in [-0.05, 0) is 25.9 Å². The first-order valence-electron chi connectivity index (χ1n) is 6.89. The highest BCUT2D eigenvalue weighted by atomic mass is 35.5. The number of hydrogen-bond donors (Lipinski definition) is 1. The van der Waals surface area contributed by atoms with Crippen molar-refractivity contribution >= 4 is 18.1 Å². The summed E-state index contributed by atoms with van der Waals surface area (Å²) < 4.78 is 0. The van der Waals surface area contributed by atoms with Crippen molar-refractivity contribution in [2.24, 2.45) is 0 Å². The summed E-state index contributed by atoms with van der Waals surface area (Å²) in [7, 11) is 0. The maximum atomic E-state index is 11.1. The second kappa shape index (κ2) is 8.19. The van der Waals surface area contributed by atoms with Gasteiger partial charge in [-0.25, -0.2) is 0 Å². The van der Waals surface area contributed by atoms with Gasteiger partial charge in [0.15, 0.2) is 0 Å². The normalized spacial score (nSPS) is 18.0. The first-order chi connectivity index (χ1) is 9.22. The molecule has 1 unspecified atom stereocenters. The minimum atomic E-state index is -0.285. The zero-order valence-electron chi connectivity index (χ0n) is 11.7. The van der Waals surface area contributed by atoms with Crippen LogP contribution in [0, 0.1) is 10.1 Å². The zero-order valence-corrected chi connectivity index (χ0v) is 12.6. The summed E-state index contributed by atoms with van der Waals surface area (Å²) >= 11 is 0. The fourth-order valence-electron chi connectivity index (χ4n) is 2.67. The molecule has 1 aromatic carbocycles. The molecule has 112 valence electrons. The predicted molar refractivity (Wildman–Crippen MR) is 82.3 cm³/mol. The van der Waals surface area contributed by atoms with Crippen molar-refractivity contribution in [1.29, 1.82) is 0 Å². The van der Waals surface area contributed by atoms with Crippen molar-refractivity contribution in [3.63, 3.8) is 0 Å². The quantitative estimate of drug-likeness (QED) is 0.648. The number of hydrogen-bond acceptors (Lipinski definition) is 4. The SMILES string of the molecule is CCCN(Cc1ccccc1[N+](=O)[O-])C1CCNC1.Cl. The molecule has 2 rings (SSSR count). The van der Waals surface area contributed by atoms with E-state index >= 15 is 0 Å². The molecule has 1 fully saturated rings. The molecule has 0 spiro atoms. The van der Waals surface area contributed by atoms with Gasteiger partial charge >= 0.3 is 0 Å². The summed E-state index contributed by atoms with van der Waals surface area (Å²) in [6, 6.07) is 7.55. The number of benzene rings is 1. The average molecular weight is 300 g/mol. The van der Waals surface area contributed by atoms with Crippen LogP contribution >= 0.6 is 12.4 Å². The average Bonchev–Trinajstić information content (AvgIpc) is 2.92. The molecule has 1 N–H and O–H groups in total. The third-order valence-corrected chi connectivity index (χ3v) is 3.62. The molecule has 0 radical (unpaired) electrons. The van der Waals surface area contributed by atoms with E-state index < -0.39 is 0 Å². The van der Waals surface area contributed by atoms with Gasteiger partial charge < -0.3 is 5.32 Å². The summed E-state index contributed by atoms with van der Waals surface area (Å²) in [5, 5.41) is 14.4. The molecule has 1 aromatic rings. The number of nitro groups is 1. The Bertz CT molecular complexity index is 436. The van der Waals surface area contributed by atoms with Crippen molar-refractivity contribution in [3.8, 4) is 0 Å². The van der Waals surface area contributed by atoms with Gasteiger partial charge in [0, 0.05) is 30.8 Å². The fraction of sp³-hybridized carbons (Fsp3) is 0.571. The number of nitro benzene ring substituents is 1. The monoisotopic (exact) mass is 299 g/mol. The zero-order chi connectivity index (χ0) is 13.7. The second-order valence-electron chi connectivity index (χ2n) is 5.00. The van der Waals surface area contributed by atoms with Gasteiger partial charge in [-0.3, -0.25) is 15.0 Å². The smallest absolute Gasteiger partial charge is 0.273 e.